The van der Waals surface area contributed by atoms with Gasteiger partial charge >= 0.3 is 5.97 Å². The molecule has 9 atom stereocenters. The number of nitrogens with two attached hydrogens (primary N) is 4. The van der Waals surface area contributed by atoms with Crippen molar-refractivity contribution in [1.29, 1.82) is 0 Å². The molecule has 16 N–H and O–H groups in total. The van der Waals surface area contributed by atoms with E-state index in [1.807, 2.05) is 27.7 Å². The largest absolute Gasteiger partial charge is 0.480 e. The Morgan fingerprint density at radius 2 is 1.22 bits per heavy atom. The fourth-order valence-corrected chi connectivity index (χ4v) is 7.32. The van der Waals surface area contributed by atoms with E-state index in [0.29, 0.717) is 32.2 Å². The number of nitrogens with one attached hydrogen (secondary N) is 6. The second-order valence-corrected chi connectivity index (χ2v) is 18.2. The van der Waals surface area contributed by atoms with Gasteiger partial charge in [-0.3, -0.25) is 38.6 Å². The van der Waals surface area contributed by atoms with Crippen molar-refractivity contribution >= 4 is 53.3 Å². The van der Waals surface area contributed by atoms with Gasteiger partial charge in [-0.1, -0.05) is 61.8 Å². The Morgan fingerprint density at radius 1 is 0.692 bits per heavy atom. The summed E-state index contributed by atoms with van der Waals surface area (Å²) in [6.07, 6.45) is 2.91. The first-order valence-corrected chi connectivity index (χ1v) is 23.0. The summed E-state index contributed by atoms with van der Waals surface area (Å²) in [4.78, 5) is 113. The predicted molar refractivity (Wildman–Crippen MR) is 245 cm³/mol. The molecular weight excluding hydrogens is 845 g/mol. The van der Waals surface area contributed by atoms with E-state index in [9.17, 15) is 48.6 Å². The van der Waals surface area contributed by atoms with E-state index in [0.717, 1.165) is 0 Å². The first-order valence-electron chi connectivity index (χ1n) is 23.0. The summed E-state index contributed by atoms with van der Waals surface area (Å²) in [6, 6.07) is -9.18. The molecule has 372 valence electrons. The van der Waals surface area contributed by atoms with Gasteiger partial charge in [0.2, 0.25) is 41.4 Å². The molecule has 0 aromatic rings. The van der Waals surface area contributed by atoms with Gasteiger partial charge in [-0.25, -0.2) is 4.79 Å². The number of rotatable bonds is 30. The zero-order valence-corrected chi connectivity index (χ0v) is 39.7. The Labute approximate surface area is 383 Å². The lowest BCUT2D eigenvalue weighted by Gasteiger charge is -2.32. The van der Waals surface area contributed by atoms with Crippen LogP contribution in [0.25, 0.3) is 0 Å². The molecule has 0 radical (unpaired) electrons. The minimum atomic E-state index is -1.25. The van der Waals surface area contributed by atoms with Gasteiger partial charge in [0, 0.05) is 13.1 Å². The highest BCUT2D eigenvalue weighted by atomic mass is 16.4. The third kappa shape index (κ3) is 20.3. The summed E-state index contributed by atoms with van der Waals surface area (Å²) in [6.45, 7) is 14.3. The molecule has 0 saturated carbocycles. The van der Waals surface area contributed by atoms with Crippen LogP contribution in [0, 0.1) is 23.7 Å². The van der Waals surface area contributed by atoms with E-state index in [1.54, 1.807) is 27.7 Å². The Bertz CT molecular complexity index is 1610. The summed E-state index contributed by atoms with van der Waals surface area (Å²) < 4.78 is 0. The number of carbonyl (C=O) groups excluding carboxylic acids is 7. The van der Waals surface area contributed by atoms with Crippen LogP contribution in [0.4, 0.5) is 0 Å². The third-order valence-electron chi connectivity index (χ3n) is 11.2. The number of aliphatic hydroxyl groups excluding tert-OH is 1. The number of likely N-dealkylation sites (tertiary alicyclic amines) is 1. The molecule has 1 rings (SSSR count). The summed E-state index contributed by atoms with van der Waals surface area (Å²) in [5.74, 6) is -7.06. The highest BCUT2D eigenvalue weighted by Crippen LogP contribution is 2.22. The van der Waals surface area contributed by atoms with Crippen molar-refractivity contribution in [2.75, 3.05) is 26.2 Å². The van der Waals surface area contributed by atoms with Crippen LogP contribution in [-0.4, -0.2) is 143 Å². The lowest BCUT2D eigenvalue weighted by molar-refractivity contribution is -0.144. The molecule has 1 aliphatic heterocycles. The number of aliphatic carboxylic acids is 1. The highest BCUT2D eigenvalue weighted by Gasteiger charge is 2.41. The van der Waals surface area contributed by atoms with Gasteiger partial charge in [0.25, 0.3) is 0 Å². The summed E-state index contributed by atoms with van der Waals surface area (Å²) in [5, 5.41) is 35.3. The number of carboxylic acids is 1. The second-order valence-electron chi connectivity index (χ2n) is 18.2. The number of hydrogen-bond acceptors (Lipinski definition) is 12. The van der Waals surface area contributed by atoms with Crippen LogP contribution >= 0.6 is 0 Å². The SMILES string of the molecule is CCC(C)C(NC(=O)C(CCCN=C(N)N)NC(=O)C(CC(C)C)NC(=O)C(CCCCN)NC(=O)C1CCCN1C(=O)C(CC(C)C)NC(=O)C(NC(=O)C(N)CO)C(C)C)C(=O)O. The topological polar surface area (TPSA) is 369 Å². The zero-order valence-electron chi connectivity index (χ0n) is 39.7. The molecule has 0 aromatic heterocycles. The van der Waals surface area contributed by atoms with Crippen molar-refractivity contribution in [1.82, 2.24) is 36.8 Å². The van der Waals surface area contributed by atoms with Crippen molar-refractivity contribution in [3.05, 3.63) is 0 Å². The van der Waals surface area contributed by atoms with Crippen molar-refractivity contribution in [2.45, 2.75) is 168 Å². The molecule has 1 heterocycles. The van der Waals surface area contributed by atoms with Gasteiger partial charge in [-0.2, -0.15) is 0 Å². The number of amides is 7. The number of hydrogen-bond donors (Lipinski definition) is 12. The van der Waals surface area contributed by atoms with Gasteiger partial charge in [0.1, 0.15) is 48.3 Å². The van der Waals surface area contributed by atoms with Crippen LogP contribution < -0.4 is 54.8 Å². The number of carboxylic acid groups (broad SMARTS) is 1. The van der Waals surface area contributed by atoms with Crippen molar-refractivity contribution in [3.8, 4) is 0 Å². The number of aliphatic hydroxyl groups is 1. The van der Waals surface area contributed by atoms with Gasteiger partial charge < -0.3 is 69.9 Å². The highest BCUT2D eigenvalue weighted by molar-refractivity contribution is 5.98. The minimum Gasteiger partial charge on any atom is -0.480 e. The Balaban J connectivity index is 3.41. The molecule has 22 nitrogen and oxygen atoms in total. The van der Waals surface area contributed by atoms with E-state index >= 15 is 0 Å². The third-order valence-corrected chi connectivity index (χ3v) is 11.2. The van der Waals surface area contributed by atoms with Crippen LogP contribution in [0.3, 0.4) is 0 Å². The molecule has 65 heavy (non-hydrogen) atoms. The molecule has 0 bridgehead atoms. The second kappa shape index (κ2) is 29.4. The first-order chi connectivity index (χ1) is 30.5. The molecule has 0 aliphatic carbocycles. The summed E-state index contributed by atoms with van der Waals surface area (Å²) >= 11 is 0. The van der Waals surface area contributed by atoms with Crippen LogP contribution in [0.2, 0.25) is 0 Å². The van der Waals surface area contributed by atoms with Crippen LogP contribution in [0.15, 0.2) is 4.99 Å². The normalized spacial score (nSPS) is 17.4. The molecule has 7 amide bonds. The van der Waals surface area contributed by atoms with Crippen molar-refractivity contribution in [3.63, 3.8) is 0 Å². The van der Waals surface area contributed by atoms with Crippen LogP contribution in [0.1, 0.15) is 120 Å². The van der Waals surface area contributed by atoms with Crippen molar-refractivity contribution < 1.29 is 48.6 Å². The zero-order chi connectivity index (χ0) is 49.6. The summed E-state index contributed by atoms with van der Waals surface area (Å²) in [7, 11) is 0. The minimum absolute atomic E-state index is 0.0355. The standard InChI is InChI=1S/C43H80N12O10/c1-9-26(8)34(42(64)65)54-37(59)29(15-12-18-48-43(46)47)49-38(60)30(20-23(2)3)51-36(58)28(14-10-11-17-44)50-39(61)32-16-13-19-55(32)41(63)31(21-24(4)5)52-40(62)33(25(6)7)53-35(57)27(45)22-56/h23-34,56H,9-22,44-45H2,1-8H3,(H,49,60)(H,50,61)(H,51,58)(H,52,62)(H,53,57)(H,54,59)(H,64,65)(H4,46,47,48). The Hall–Kier alpha value is -5.09. The quantitative estimate of drug-likeness (QED) is 0.0217. The molecule has 1 aliphatic rings. The molecule has 9 unspecified atom stereocenters. The monoisotopic (exact) mass is 925 g/mol. The predicted octanol–water partition coefficient (Wildman–Crippen LogP) is -1.73. The summed E-state index contributed by atoms with van der Waals surface area (Å²) in [5.41, 5.74) is 22.3. The van der Waals surface area contributed by atoms with E-state index in [2.05, 4.69) is 36.9 Å². The van der Waals surface area contributed by atoms with Crippen molar-refractivity contribution in [2.24, 2.45) is 51.6 Å². The fraction of sp³-hybridized carbons (Fsp3) is 0.791. The molecule has 1 fully saturated rings. The maximum Gasteiger partial charge on any atom is 0.326 e. The van der Waals surface area contributed by atoms with Gasteiger partial charge in [0.15, 0.2) is 5.96 Å². The van der Waals surface area contributed by atoms with Gasteiger partial charge in [-0.15, -0.1) is 0 Å². The van der Waals surface area contributed by atoms with E-state index in [-0.39, 0.29) is 69.4 Å². The number of aliphatic imine (C=N–C) groups is 1. The van der Waals surface area contributed by atoms with E-state index in [4.69, 9.17) is 22.9 Å². The average Bonchev–Trinajstić information content (AvgIpc) is 3.73. The smallest absolute Gasteiger partial charge is 0.326 e. The number of nitrogens with zero attached hydrogens (tertiary/aromatic N) is 2. The maximum atomic E-state index is 14.2. The molecule has 0 aromatic carbocycles. The fourth-order valence-electron chi connectivity index (χ4n) is 7.32. The average molecular weight is 925 g/mol. The molecule has 0 spiro atoms. The first kappa shape index (κ1) is 57.9. The lowest BCUT2D eigenvalue weighted by atomic mass is 9.98. The number of carbonyl (C=O) groups is 8. The lowest BCUT2D eigenvalue weighted by Crippen LogP contribution is -2.60. The van der Waals surface area contributed by atoms with E-state index < -0.39 is 114 Å². The van der Waals surface area contributed by atoms with Crippen LogP contribution in [0.5, 0.6) is 0 Å². The maximum absolute atomic E-state index is 14.2. The van der Waals surface area contributed by atoms with Gasteiger partial charge in [0.05, 0.1) is 6.61 Å². The Kier molecular flexibility index (Phi) is 26.2. The number of guanidine groups is 1. The molecule has 22 heteroatoms. The number of unbranched alkanes of at least 4 members (excludes halogenated alkanes) is 1. The molecule has 1 saturated heterocycles. The van der Waals surface area contributed by atoms with Gasteiger partial charge in [-0.05, 0) is 88.0 Å². The molecular formula is C43H80N12O10. The van der Waals surface area contributed by atoms with E-state index in [1.165, 1.54) is 4.90 Å². The Morgan fingerprint density at radius 3 is 1.75 bits per heavy atom. The van der Waals surface area contributed by atoms with Crippen LogP contribution in [-0.2, 0) is 38.4 Å².